The summed E-state index contributed by atoms with van der Waals surface area (Å²) in [4.78, 5) is 0. The van der Waals surface area contributed by atoms with Crippen molar-refractivity contribution < 1.29 is 17.9 Å². The van der Waals surface area contributed by atoms with Gasteiger partial charge in [0, 0.05) is 12.5 Å². The summed E-state index contributed by atoms with van der Waals surface area (Å²) in [5.41, 5.74) is -0.0447. The zero-order valence-corrected chi connectivity index (χ0v) is 9.47. The third-order valence-electron chi connectivity index (χ3n) is 3.06. The largest absolute Gasteiger partial charge is 0.496 e. The standard InChI is InChI=1S/C12H14F3NO/c1-17-11-9(8-5-6-16-7-8)3-2-4-10(11)12(13,14)15/h2-4,8,16H,5-7H2,1H3. The van der Waals surface area contributed by atoms with Crippen LogP contribution < -0.4 is 10.1 Å². The summed E-state index contributed by atoms with van der Waals surface area (Å²) in [7, 11) is 1.29. The molecule has 0 radical (unpaired) electrons. The monoisotopic (exact) mass is 245 g/mol. The molecule has 94 valence electrons. The molecule has 1 aromatic rings. The number of methoxy groups -OCH3 is 1. The second kappa shape index (κ2) is 4.56. The Morgan fingerprint density at radius 3 is 2.65 bits per heavy atom. The number of hydrogen-bond donors (Lipinski definition) is 1. The van der Waals surface area contributed by atoms with Gasteiger partial charge in [0.15, 0.2) is 0 Å². The minimum Gasteiger partial charge on any atom is -0.496 e. The van der Waals surface area contributed by atoms with Crippen LogP contribution in [0.2, 0.25) is 0 Å². The van der Waals surface area contributed by atoms with Gasteiger partial charge in [0.25, 0.3) is 0 Å². The second-order valence-electron chi connectivity index (χ2n) is 4.12. The number of benzene rings is 1. The number of nitrogens with one attached hydrogen (secondary N) is 1. The summed E-state index contributed by atoms with van der Waals surface area (Å²) >= 11 is 0. The van der Waals surface area contributed by atoms with E-state index in [9.17, 15) is 13.2 Å². The van der Waals surface area contributed by atoms with E-state index in [2.05, 4.69) is 5.32 Å². The maximum absolute atomic E-state index is 12.8. The summed E-state index contributed by atoms with van der Waals surface area (Å²) in [5, 5.41) is 3.14. The molecule has 1 atom stereocenters. The van der Waals surface area contributed by atoms with Crippen LogP contribution >= 0.6 is 0 Å². The first-order valence-electron chi connectivity index (χ1n) is 5.49. The highest BCUT2D eigenvalue weighted by Gasteiger charge is 2.36. The number of rotatable bonds is 2. The number of ether oxygens (including phenoxy) is 1. The van der Waals surface area contributed by atoms with Crippen LogP contribution in [0, 0.1) is 0 Å². The fourth-order valence-electron chi connectivity index (χ4n) is 2.25. The van der Waals surface area contributed by atoms with Gasteiger partial charge in [-0.25, -0.2) is 0 Å². The summed E-state index contributed by atoms with van der Waals surface area (Å²) < 4.78 is 43.4. The molecular weight excluding hydrogens is 231 g/mol. The van der Waals surface area contributed by atoms with Gasteiger partial charge >= 0.3 is 6.18 Å². The van der Waals surface area contributed by atoms with E-state index in [4.69, 9.17) is 4.74 Å². The first kappa shape index (κ1) is 12.2. The van der Waals surface area contributed by atoms with E-state index in [0.717, 1.165) is 19.0 Å². The lowest BCUT2D eigenvalue weighted by Gasteiger charge is -2.18. The molecule has 0 aromatic heterocycles. The van der Waals surface area contributed by atoms with Gasteiger partial charge in [0.05, 0.1) is 12.7 Å². The fourth-order valence-corrected chi connectivity index (χ4v) is 2.25. The van der Waals surface area contributed by atoms with Gasteiger partial charge in [-0.1, -0.05) is 12.1 Å². The number of halogens is 3. The molecule has 1 aliphatic rings. The molecule has 0 aliphatic carbocycles. The molecule has 2 nitrogen and oxygen atoms in total. The average Bonchev–Trinajstić information content (AvgIpc) is 2.80. The zero-order chi connectivity index (χ0) is 12.5. The Morgan fingerprint density at radius 2 is 2.12 bits per heavy atom. The van der Waals surface area contributed by atoms with Crippen molar-refractivity contribution in [1.82, 2.24) is 5.32 Å². The molecule has 1 aromatic carbocycles. The van der Waals surface area contributed by atoms with E-state index >= 15 is 0 Å². The van der Waals surface area contributed by atoms with Gasteiger partial charge in [-0.15, -0.1) is 0 Å². The van der Waals surface area contributed by atoms with Gasteiger partial charge in [0.1, 0.15) is 5.75 Å². The minimum absolute atomic E-state index is 0.0336. The summed E-state index contributed by atoms with van der Waals surface area (Å²) in [6.07, 6.45) is -3.52. The Morgan fingerprint density at radius 1 is 1.35 bits per heavy atom. The average molecular weight is 245 g/mol. The van der Waals surface area contributed by atoms with Gasteiger partial charge < -0.3 is 10.1 Å². The van der Waals surface area contributed by atoms with Crippen LogP contribution in [0.4, 0.5) is 13.2 Å². The Labute approximate surface area is 97.8 Å². The normalized spacial score (nSPS) is 20.6. The van der Waals surface area contributed by atoms with E-state index in [-0.39, 0.29) is 11.7 Å². The first-order chi connectivity index (χ1) is 8.04. The van der Waals surface area contributed by atoms with Crippen molar-refractivity contribution >= 4 is 0 Å². The fraction of sp³-hybridized carbons (Fsp3) is 0.500. The predicted molar refractivity (Wildman–Crippen MR) is 58.2 cm³/mol. The molecule has 17 heavy (non-hydrogen) atoms. The van der Waals surface area contributed by atoms with Gasteiger partial charge in [0.2, 0.25) is 0 Å². The minimum atomic E-state index is -4.37. The van der Waals surface area contributed by atoms with Crippen molar-refractivity contribution in [1.29, 1.82) is 0 Å². The quantitative estimate of drug-likeness (QED) is 0.865. The maximum atomic E-state index is 12.8. The van der Waals surface area contributed by atoms with E-state index in [1.54, 1.807) is 6.07 Å². The van der Waals surface area contributed by atoms with Crippen LogP contribution in [-0.4, -0.2) is 20.2 Å². The van der Waals surface area contributed by atoms with E-state index in [1.807, 2.05) is 0 Å². The topological polar surface area (TPSA) is 21.3 Å². The highest BCUT2D eigenvalue weighted by Crippen LogP contribution is 2.41. The molecule has 2 rings (SSSR count). The third kappa shape index (κ3) is 2.39. The highest BCUT2D eigenvalue weighted by atomic mass is 19.4. The van der Waals surface area contributed by atoms with Crippen molar-refractivity contribution in [3.63, 3.8) is 0 Å². The summed E-state index contributed by atoms with van der Waals surface area (Å²) in [6.45, 7) is 1.54. The zero-order valence-electron chi connectivity index (χ0n) is 9.47. The van der Waals surface area contributed by atoms with Crippen molar-refractivity contribution in [3.05, 3.63) is 29.3 Å². The number of para-hydroxylation sites is 1. The van der Waals surface area contributed by atoms with Gasteiger partial charge in [-0.2, -0.15) is 13.2 Å². The highest BCUT2D eigenvalue weighted by molar-refractivity contribution is 5.45. The van der Waals surface area contributed by atoms with E-state index < -0.39 is 11.7 Å². The van der Waals surface area contributed by atoms with Crippen LogP contribution in [0.15, 0.2) is 18.2 Å². The molecule has 1 unspecified atom stereocenters. The third-order valence-corrected chi connectivity index (χ3v) is 3.06. The Kier molecular flexibility index (Phi) is 3.28. The first-order valence-corrected chi connectivity index (χ1v) is 5.49. The van der Waals surface area contributed by atoms with Gasteiger partial charge in [-0.3, -0.25) is 0 Å². The van der Waals surface area contributed by atoms with Crippen molar-refractivity contribution in [2.24, 2.45) is 0 Å². The van der Waals surface area contributed by atoms with Crippen LogP contribution in [0.5, 0.6) is 5.75 Å². The molecule has 0 saturated carbocycles. The van der Waals surface area contributed by atoms with Crippen molar-refractivity contribution in [3.8, 4) is 5.75 Å². The molecule has 0 spiro atoms. The Hall–Kier alpha value is -1.23. The molecule has 1 aliphatic heterocycles. The SMILES string of the molecule is COc1c(C2CCNC2)cccc1C(F)(F)F. The van der Waals surface area contributed by atoms with Crippen LogP contribution in [0.25, 0.3) is 0 Å². The maximum Gasteiger partial charge on any atom is 0.419 e. The lowest BCUT2D eigenvalue weighted by atomic mass is 9.95. The predicted octanol–water partition coefficient (Wildman–Crippen LogP) is 2.79. The Bertz CT molecular complexity index is 397. The molecule has 0 bridgehead atoms. The Balaban J connectivity index is 2.45. The lowest BCUT2D eigenvalue weighted by Crippen LogP contribution is -2.12. The van der Waals surface area contributed by atoms with Crippen molar-refractivity contribution in [2.75, 3.05) is 20.2 Å². The van der Waals surface area contributed by atoms with E-state index in [0.29, 0.717) is 12.1 Å². The van der Waals surface area contributed by atoms with Crippen LogP contribution in [-0.2, 0) is 6.18 Å². The molecule has 0 amide bonds. The number of hydrogen-bond acceptors (Lipinski definition) is 2. The van der Waals surface area contributed by atoms with Gasteiger partial charge in [-0.05, 0) is 24.6 Å². The molecule has 5 heteroatoms. The summed E-state index contributed by atoms with van der Waals surface area (Å²) in [5.74, 6) is 0.0703. The lowest BCUT2D eigenvalue weighted by molar-refractivity contribution is -0.138. The molecule has 1 saturated heterocycles. The second-order valence-corrected chi connectivity index (χ2v) is 4.12. The van der Waals surface area contributed by atoms with Crippen molar-refractivity contribution in [2.45, 2.75) is 18.5 Å². The van der Waals surface area contributed by atoms with E-state index in [1.165, 1.54) is 13.2 Å². The van der Waals surface area contributed by atoms with Crippen LogP contribution in [0.1, 0.15) is 23.5 Å². The molecule has 1 N–H and O–H groups in total. The number of alkyl halides is 3. The smallest absolute Gasteiger partial charge is 0.419 e. The molecule has 1 fully saturated rings. The molecular formula is C12H14F3NO. The molecule has 1 heterocycles. The summed E-state index contributed by atoms with van der Waals surface area (Å²) in [6, 6.07) is 4.22. The van der Waals surface area contributed by atoms with Crippen LogP contribution in [0.3, 0.4) is 0 Å².